The second-order valence-corrected chi connectivity index (χ2v) is 7.82. The SMILES string of the molecule is c1ccc(-c2ccccc2)cc1.c1ccc(-c2ccccc2-c2ccccc2)cc1.c1cnnnc1. The van der Waals surface area contributed by atoms with Crippen molar-refractivity contribution in [3.05, 3.63) is 164 Å². The molecule has 3 heteroatoms. The Morgan fingerprint density at radius 1 is 0.278 bits per heavy atom. The van der Waals surface area contributed by atoms with Crippen LogP contribution in [0.3, 0.4) is 0 Å². The van der Waals surface area contributed by atoms with Crippen molar-refractivity contribution in [2.75, 3.05) is 0 Å². The zero-order valence-electron chi connectivity index (χ0n) is 19.9. The highest BCUT2D eigenvalue weighted by Gasteiger charge is 2.05. The van der Waals surface area contributed by atoms with Gasteiger partial charge in [-0.2, -0.15) is 0 Å². The van der Waals surface area contributed by atoms with Crippen LogP contribution in [0.5, 0.6) is 0 Å². The van der Waals surface area contributed by atoms with Gasteiger partial charge in [0.1, 0.15) is 0 Å². The van der Waals surface area contributed by atoms with Crippen molar-refractivity contribution in [3.8, 4) is 33.4 Å². The fourth-order valence-electron chi connectivity index (χ4n) is 3.69. The number of benzene rings is 5. The molecule has 0 unspecified atom stereocenters. The lowest BCUT2D eigenvalue weighted by atomic mass is 9.95. The van der Waals surface area contributed by atoms with Crippen molar-refractivity contribution in [2.24, 2.45) is 0 Å². The van der Waals surface area contributed by atoms with Gasteiger partial charge in [-0.15, -0.1) is 10.2 Å². The highest BCUT2D eigenvalue weighted by Crippen LogP contribution is 2.31. The monoisotopic (exact) mass is 465 g/mol. The van der Waals surface area contributed by atoms with Crippen LogP contribution in [0, 0.1) is 0 Å². The zero-order chi connectivity index (χ0) is 24.7. The predicted octanol–water partition coefficient (Wildman–Crippen LogP) is 8.25. The van der Waals surface area contributed by atoms with Gasteiger partial charge in [-0.25, -0.2) is 0 Å². The van der Waals surface area contributed by atoms with Crippen LogP contribution < -0.4 is 0 Å². The van der Waals surface area contributed by atoms with Crippen LogP contribution in [0.2, 0.25) is 0 Å². The summed E-state index contributed by atoms with van der Waals surface area (Å²) in [5.74, 6) is 0. The fourth-order valence-corrected chi connectivity index (χ4v) is 3.69. The van der Waals surface area contributed by atoms with E-state index >= 15 is 0 Å². The molecule has 0 amide bonds. The maximum Gasteiger partial charge on any atom is 0.0529 e. The molecule has 0 saturated heterocycles. The highest BCUT2D eigenvalue weighted by molar-refractivity contribution is 5.83. The van der Waals surface area contributed by atoms with Gasteiger partial charge < -0.3 is 0 Å². The third-order valence-electron chi connectivity index (χ3n) is 5.39. The average Bonchev–Trinajstić information content (AvgIpc) is 3.00. The van der Waals surface area contributed by atoms with Gasteiger partial charge in [0.05, 0.1) is 12.4 Å². The summed E-state index contributed by atoms with van der Waals surface area (Å²) in [4.78, 5) is 0. The minimum Gasteiger partial charge on any atom is -0.139 e. The highest BCUT2D eigenvalue weighted by atomic mass is 15.3. The Labute approximate surface area is 212 Å². The molecule has 6 aromatic rings. The summed E-state index contributed by atoms with van der Waals surface area (Å²) in [6, 6.07) is 52.1. The molecule has 5 aromatic carbocycles. The number of rotatable bonds is 3. The first-order chi connectivity index (χ1) is 17.9. The third kappa shape index (κ3) is 7.31. The van der Waals surface area contributed by atoms with Crippen LogP contribution in [-0.4, -0.2) is 15.4 Å². The molecule has 0 bridgehead atoms. The topological polar surface area (TPSA) is 38.7 Å². The standard InChI is InChI=1S/C18H14.C12H10.C3H3N3/c1-3-9-15(10-4-1)17-13-7-8-14-18(17)16-11-5-2-6-12-16;1-3-7-11(8-4-1)12-9-5-2-6-10-12;1-2-4-6-5-3-1/h1-14H;1-10H;1-3H. The van der Waals surface area contributed by atoms with Gasteiger partial charge in [0.25, 0.3) is 0 Å². The molecule has 1 aromatic heterocycles. The number of hydrogen-bond donors (Lipinski definition) is 0. The molecular weight excluding hydrogens is 438 g/mol. The summed E-state index contributed by atoms with van der Waals surface area (Å²) < 4.78 is 0. The van der Waals surface area contributed by atoms with Crippen molar-refractivity contribution in [1.82, 2.24) is 15.4 Å². The maximum absolute atomic E-state index is 3.42. The normalized spacial score (nSPS) is 9.67. The fraction of sp³-hybridized carbons (Fsp3) is 0. The third-order valence-corrected chi connectivity index (χ3v) is 5.39. The van der Waals surface area contributed by atoms with Crippen LogP contribution in [0.15, 0.2) is 164 Å². The molecule has 0 fully saturated rings. The summed E-state index contributed by atoms with van der Waals surface area (Å²) in [6.07, 6.45) is 3.15. The van der Waals surface area contributed by atoms with Crippen LogP contribution in [0.25, 0.3) is 33.4 Å². The van der Waals surface area contributed by atoms with E-state index < -0.39 is 0 Å². The lowest BCUT2D eigenvalue weighted by Gasteiger charge is -2.09. The van der Waals surface area contributed by atoms with Gasteiger partial charge in [0, 0.05) is 0 Å². The van der Waals surface area contributed by atoms with Gasteiger partial charge in [-0.3, -0.25) is 0 Å². The van der Waals surface area contributed by atoms with Crippen LogP contribution in [-0.2, 0) is 0 Å². The largest absolute Gasteiger partial charge is 0.139 e. The summed E-state index contributed by atoms with van der Waals surface area (Å²) in [7, 11) is 0. The Bertz CT molecular complexity index is 1270. The van der Waals surface area contributed by atoms with Gasteiger partial charge in [-0.1, -0.05) is 146 Å². The van der Waals surface area contributed by atoms with Crippen molar-refractivity contribution < 1.29 is 0 Å². The Kier molecular flexibility index (Phi) is 9.24. The van der Waals surface area contributed by atoms with Crippen LogP contribution in [0.1, 0.15) is 0 Å². The van der Waals surface area contributed by atoms with E-state index in [4.69, 9.17) is 0 Å². The summed E-state index contributed by atoms with van der Waals surface area (Å²) >= 11 is 0. The maximum atomic E-state index is 3.42. The molecule has 36 heavy (non-hydrogen) atoms. The predicted molar refractivity (Wildman–Crippen MR) is 149 cm³/mol. The molecule has 0 saturated carbocycles. The van der Waals surface area contributed by atoms with Crippen molar-refractivity contribution in [1.29, 1.82) is 0 Å². The lowest BCUT2D eigenvalue weighted by Crippen LogP contribution is -1.83. The Morgan fingerprint density at radius 2 is 0.583 bits per heavy atom. The molecule has 3 nitrogen and oxygen atoms in total. The molecular formula is C33H27N3. The summed E-state index contributed by atoms with van der Waals surface area (Å²) in [5.41, 5.74) is 7.64. The molecule has 1 heterocycles. The zero-order valence-corrected chi connectivity index (χ0v) is 19.9. The first kappa shape index (κ1) is 24.2. The summed E-state index contributed by atoms with van der Waals surface area (Å²) in [6.45, 7) is 0. The molecule has 174 valence electrons. The molecule has 0 aliphatic carbocycles. The van der Waals surface area contributed by atoms with Crippen molar-refractivity contribution in [2.45, 2.75) is 0 Å². The quantitative estimate of drug-likeness (QED) is 0.264. The Hall–Kier alpha value is -4.89. The van der Waals surface area contributed by atoms with Gasteiger partial charge in [0.15, 0.2) is 0 Å². The Balaban J connectivity index is 0.000000145. The number of nitrogens with zero attached hydrogens (tertiary/aromatic N) is 3. The lowest BCUT2D eigenvalue weighted by molar-refractivity contribution is 0.865. The van der Waals surface area contributed by atoms with Crippen molar-refractivity contribution >= 4 is 0 Å². The number of aromatic nitrogens is 3. The molecule has 6 rings (SSSR count). The molecule has 0 aliphatic rings. The Morgan fingerprint density at radius 3 is 0.861 bits per heavy atom. The summed E-state index contributed by atoms with van der Waals surface area (Å²) in [5, 5.41) is 10.1. The van der Waals surface area contributed by atoms with Gasteiger partial charge >= 0.3 is 0 Å². The molecule has 0 atom stereocenters. The van der Waals surface area contributed by atoms with Crippen LogP contribution >= 0.6 is 0 Å². The second kappa shape index (κ2) is 13.7. The van der Waals surface area contributed by atoms with Gasteiger partial charge in [-0.05, 0) is 44.7 Å². The van der Waals surface area contributed by atoms with Gasteiger partial charge in [0.2, 0.25) is 0 Å². The molecule has 0 N–H and O–H groups in total. The smallest absolute Gasteiger partial charge is 0.0529 e. The van der Waals surface area contributed by atoms with E-state index in [0.29, 0.717) is 0 Å². The van der Waals surface area contributed by atoms with E-state index in [1.54, 1.807) is 18.5 Å². The molecule has 0 aliphatic heterocycles. The van der Waals surface area contributed by atoms with E-state index in [-0.39, 0.29) is 0 Å². The van der Waals surface area contributed by atoms with E-state index in [1.165, 1.54) is 33.4 Å². The first-order valence-corrected chi connectivity index (χ1v) is 11.8. The minimum atomic E-state index is 1.26. The first-order valence-electron chi connectivity index (χ1n) is 11.8. The van der Waals surface area contributed by atoms with Crippen LogP contribution in [0.4, 0.5) is 0 Å². The second-order valence-electron chi connectivity index (χ2n) is 7.82. The van der Waals surface area contributed by atoms with E-state index in [0.717, 1.165) is 0 Å². The minimum absolute atomic E-state index is 1.26. The average molecular weight is 466 g/mol. The van der Waals surface area contributed by atoms with E-state index in [2.05, 4.69) is 149 Å². The molecule has 0 spiro atoms. The molecule has 0 radical (unpaired) electrons. The van der Waals surface area contributed by atoms with E-state index in [1.807, 2.05) is 12.1 Å². The number of hydrogen-bond acceptors (Lipinski definition) is 3. The van der Waals surface area contributed by atoms with Crippen molar-refractivity contribution in [3.63, 3.8) is 0 Å². The van der Waals surface area contributed by atoms with E-state index in [9.17, 15) is 0 Å².